The van der Waals surface area contributed by atoms with E-state index in [0.29, 0.717) is 29.5 Å². The fourth-order valence-electron chi connectivity index (χ4n) is 3.43. The molecule has 6 nitrogen and oxygen atoms in total. The van der Waals surface area contributed by atoms with Crippen LogP contribution in [0.5, 0.6) is 0 Å². The Hall–Kier alpha value is -2.60. The molecule has 3 rings (SSSR count). The van der Waals surface area contributed by atoms with E-state index >= 15 is 0 Å². The van der Waals surface area contributed by atoms with Gasteiger partial charge >= 0.3 is 0 Å². The van der Waals surface area contributed by atoms with Gasteiger partial charge in [0.15, 0.2) is 0 Å². The van der Waals surface area contributed by atoms with Crippen LogP contribution in [0, 0.1) is 0 Å². The number of likely N-dealkylation sites (tertiary alicyclic amines) is 1. The van der Waals surface area contributed by atoms with Crippen LogP contribution < -0.4 is 10.6 Å². The first-order valence-electron chi connectivity index (χ1n) is 9.42. The summed E-state index contributed by atoms with van der Waals surface area (Å²) in [5.74, 6) is 0.717. The maximum absolute atomic E-state index is 13.1. The van der Waals surface area contributed by atoms with Crippen molar-refractivity contribution in [3.8, 4) is 0 Å². The first-order chi connectivity index (χ1) is 13.3. The molecule has 2 heterocycles. The second kappa shape index (κ2) is 8.61. The molecule has 1 atom stereocenters. The van der Waals surface area contributed by atoms with Crippen LogP contribution in [0.25, 0.3) is 0 Å². The smallest absolute Gasteiger partial charge is 0.255 e. The molecule has 7 heteroatoms. The third-order valence-corrected chi connectivity index (χ3v) is 5.00. The first kappa shape index (κ1) is 20.1. The second-order valence-electron chi connectivity index (χ2n) is 7.38. The van der Waals surface area contributed by atoms with Crippen LogP contribution in [-0.2, 0) is 4.79 Å². The Morgan fingerprint density at radius 2 is 2.07 bits per heavy atom. The van der Waals surface area contributed by atoms with Crippen molar-refractivity contribution in [2.45, 2.75) is 39.2 Å². The molecule has 1 saturated heterocycles. The zero-order valence-electron chi connectivity index (χ0n) is 16.3. The maximum atomic E-state index is 13.1. The molecule has 2 amide bonds. The molecule has 0 saturated carbocycles. The molecule has 2 aromatic rings. The third kappa shape index (κ3) is 4.81. The average molecular weight is 401 g/mol. The molecule has 0 bridgehead atoms. The van der Waals surface area contributed by atoms with Gasteiger partial charge in [-0.1, -0.05) is 31.5 Å². The van der Waals surface area contributed by atoms with Gasteiger partial charge in [-0.25, -0.2) is 4.98 Å². The quantitative estimate of drug-likeness (QED) is 0.796. The van der Waals surface area contributed by atoms with Crippen LogP contribution >= 0.6 is 11.6 Å². The monoisotopic (exact) mass is 400 g/mol. The summed E-state index contributed by atoms with van der Waals surface area (Å²) >= 11 is 6.04. The highest BCUT2D eigenvalue weighted by Crippen LogP contribution is 2.26. The number of rotatable bonds is 5. The van der Waals surface area contributed by atoms with E-state index < -0.39 is 0 Å². The van der Waals surface area contributed by atoms with Crippen LogP contribution in [0.15, 0.2) is 36.5 Å². The number of nitrogens with one attached hydrogen (secondary N) is 2. The third-order valence-electron chi connectivity index (χ3n) is 4.77. The average Bonchev–Trinajstić information content (AvgIpc) is 3.09. The van der Waals surface area contributed by atoms with Crippen molar-refractivity contribution in [3.05, 3.63) is 52.7 Å². The summed E-state index contributed by atoms with van der Waals surface area (Å²) in [5.41, 5.74) is 2.38. The molecule has 0 spiro atoms. The van der Waals surface area contributed by atoms with E-state index in [-0.39, 0.29) is 23.8 Å². The van der Waals surface area contributed by atoms with Crippen LogP contribution in [-0.4, -0.2) is 40.8 Å². The molecular weight excluding hydrogens is 376 g/mol. The van der Waals surface area contributed by atoms with E-state index in [1.807, 2.05) is 30.3 Å². The van der Waals surface area contributed by atoms with Gasteiger partial charge in [-0.15, -0.1) is 0 Å². The number of hydrogen-bond acceptors (Lipinski definition) is 4. The van der Waals surface area contributed by atoms with Crippen molar-refractivity contribution in [3.63, 3.8) is 0 Å². The molecule has 0 unspecified atom stereocenters. The number of nitrogens with zero attached hydrogens (tertiary/aromatic N) is 2. The lowest BCUT2D eigenvalue weighted by Crippen LogP contribution is -2.37. The van der Waals surface area contributed by atoms with Crippen molar-refractivity contribution in [1.29, 1.82) is 0 Å². The lowest BCUT2D eigenvalue weighted by molar-refractivity contribution is -0.119. The van der Waals surface area contributed by atoms with Gasteiger partial charge in [-0.05, 0) is 42.2 Å². The predicted molar refractivity (Wildman–Crippen MR) is 111 cm³/mol. The molecule has 0 aliphatic carbocycles. The molecule has 2 N–H and O–H groups in total. The van der Waals surface area contributed by atoms with Crippen LogP contribution in [0.1, 0.15) is 49.0 Å². The van der Waals surface area contributed by atoms with Crippen molar-refractivity contribution >= 4 is 34.9 Å². The zero-order valence-corrected chi connectivity index (χ0v) is 17.1. The fraction of sp³-hybridized carbons (Fsp3) is 0.381. The van der Waals surface area contributed by atoms with Crippen LogP contribution in [0.3, 0.4) is 0 Å². The summed E-state index contributed by atoms with van der Waals surface area (Å²) in [4.78, 5) is 30.5. The molecule has 28 heavy (non-hydrogen) atoms. The fourth-order valence-corrected chi connectivity index (χ4v) is 3.62. The summed E-state index contributed by atoms with van der Waals surface area (Å²) in [6, 6.07) is 9.34. The Labute approximate surface area is 170 Å². The molecule has 1 fully saturated rings. The Balaban J connectivity index is 1.79. The summed E-state index contributed by atoms with van der Waals surface area (Å²) in [5, 5.41) is 6.77. The summed E-state index contributed by atoms with van der Waals surface area (Å²) in [6.07, 6.45) is 2.40. The minimum atomic E-state index is -0.0692. The number of benzene rings is 1. The predicted octanol–water partition coefficient (Wildman–Crippen LogP) is 3.95. The number of carbonyl (C=O) groups excluding carboxylic acids is 2. The molecule has 148 valence electrons. The Morgan fingerprint density at radius 1 is 1.29 bits per heavy atom. The Kier molecular flexibility index (Phi) is 6.19. The summed E-state index contributed by atoms with van der Waals surface area (Å²) in [6.45, 7) is 6.76. The number of halogens is 1. The number of amides is 2. The molecule has 1 aliphatic rings. The van der Waals surface area contributed by atoms with E-state index in [1.165, 1.54) is 6.92 Å². The molecule has 1 aliphatic heterocycles. The molecule has 1 aromatic heterocycles. The Bertz CT molecular complexity index is 884. The van der Waals surface area contributed by atoms with Gasteiger partial charge < -0.3 is 15.5 Å². The van der Waals surface area contributed by atoms with Gasteiger partial charge in [0.05, 0.1) is 5.56 Å². The number of anilines is 2. The highest BCUT2D eigenvalue weighted by molar-refractivity contribution is 6.30. The highest BCUT2D eigenvalue weighted by Gasteiger charge is 2.29. The van der Waals surface area contributed by atoms with E-state index in [1.54, 1.807) is 11.1 Å². The van der Waals surface area contributed by atoms with E-state index in [9.17, 15) is 9.59 Å². The largest absolute Gasteiger partial charge is 0.352 e. The first-order valence-corrected chi connectivity index (χ1v) is 9.80. The summed E-state index contributed by atoms with van der Waals surface area (Å²) in [7, 11) is 0. The topological polar surface area (TPSA) is 74.3 Å². The lowest BCUT2D eigenvalue weighted by atomic mass is 9.98. The maximum Gasteiger partial charge on any atom is 0.255 e. The van der Waals surface area contributed by atoms with Crippen molar-refractivity contribution in [1.82, 2.24) is 15.2 Å². The van der Waals surface area contributed by atoms with Crippen LogP contribution in [0.4, 0.5) is 11.5 Å². The van der Waals surface area contributed by atoms with E-state index in [0.717, 1.165) is 17.7 Å². The van der Waals surface area contributed by atoms with Crippen LogP contribution in [0.2, 0.25) is 5.02 Å². The zero-order chi connectivity index (χ0) is 20.3. The second-order valence-corrected chi connectivity index (χ2v) is 7.82. The lowest BCUT2D eigenvalue weighted by Gasteiger charge is -2.20. The summed E-state index contributed by atoms with van der Waals surface area (Å²) < 4.78 is 0. The van der Waals surface area contributed by atoms with Gasteiger partial charge in [0.1, 0.15) is 5.82 Å². The van der Waals surface area contributed by atoms with E-state index in [4.69, 9.17) is 11.6 Å². The minimum absolute atomic E-state index is 0.0145. The normalized spacial score (nSPS) is 16.3. The van der Waals surface area contributed by atoms with Gasteiger partial charge in [-0.2, -0.15) is 0 Å². The van der Waals surface area contributed by atoms with Crippen molar-refractivity contribution in [2.75, 3.05) is 18.4 Å². The van der Waals surface area contributed by atoms with Crippen molar-refractivity contribution < 1.29 is 9.59 Å². The van der Waals surface area contributed by atoms with Gasteiger partial charge in [0.25, 0.3) is 5.91 Å². The molecule has 1 aromatic carbocycles. The van der Waals surface area contributed by atoms with E-state index in [2.05, 4.69) is 29.5 Å². The Morgan fingerprint density at radius 3 is 2.75 bits per heavy atom. The molecule has 0 radical (unpaired) electrons. The number of pyridine rings is 1. The van der Waals surface area contributed by atoms with Crippen molar-refractivity contribution in [2.24, 2.45) is 0 Å². The highest BCUT2D eigenvalue weighted by atomic mass is 35.5. The minimum Gasteiger partial charge on any atom is -0.352 e. The molecular formula is C21H25ClN4O2. The number of hydrogen-bond donors (Lipinski definition) is 2. The van der Waals surface area contributed by atoms with Gasteiger partial charge in [0.2, 0.25) is 5.91 Å². The van der Waals surface area contributed by atoms with Gasteiger partial charge in [0, 0.05) is 43.0 Å². The standard InChI is InChI=1S/C21H25ClN4O2/c1-13(2)18-10-20(25-16-6-4-5-15(22)9-16)23-11-19(18)21(28)26-8-7-17(12-26)24-14(3)27/h4-6,9-11,13,17H,7-8,12H2,1-3H3,(H,23,25)(H,24,27)/t17-/m1/s1. The SMILES string of the molecule is CC(=O)N[C@@H]1CCN(C(=O)c2cnc(Nc3cccc(Cl)c3)cc2C(C)C)C1. The number of aromatic nitrogens is 1. The number of carbonyl (C=O) groups is 2. The van der Waals surface area contributed by atoms with Gasteiger partial charge in [-0.3, -0.25) is 9.59 Å².